The maximum absolute atomic E-state index is 13.4. The van der Waals surface area contributed by atoms with E-state index in [-0.39, 0.29) is 22.9 Å². The largest absolute Gasteiger partial charge is 0.314 e. The van der Waals surface area contributed by atoms with Gasteiger partial charge in [-0.05, 0) is 48.6 Å². The van der Waals surface area contributed by atoms with E-state index < -0.39 is 20.9 Å². The first kappa shape index (κ1) is 20.2. The minimum Gasteiger partial charge on any atom is -0.314 e. The van der Waals surface area contributed by atoms with Crippen molar-refractivity contribution in [1.29, 1.82) is 0 Å². The first-order valence-corrected chi connectivity index (χ1v) is 12.5. The highest BCUT2D eigenvalue weighted by molar-refractivity contribution is 7.89. The molecule has 0 radical (unpaired) electrons. The molecule has 7 heteroatoms. The number of amides is 1. The van der Waals surface area contributed by atoms with Gasteiger partial charge in [-0.2, -0.15) is 0 Å². The molecule has 162 valence electrons. The van der Waals surface area contributed by atoms with Crippen LogP contribution in [0.5, 0.6) is 0 Å². The second-order valence-corrected chi connectivity index (χ2v) is 12.3. The average molecular weight is 431 g/mol. The number of carbonyl (C=O) groups is 2. The van der Waals surface area contributed by atoms with Gasteiger partial charge < -0.3 is 4.90 Å². The van der Waals surface area contributed by atoms with Gasteiger partial charge in [-0.3, -0.25) is 9.59 Å². The maximum Gasteiger partial charge on any atom is 0.237 e. The molecule has 1 amide bonds. The Kier molecular flexibility index (Phi) is 4.15. The van der Waals surface area contributed by atoms with Gasteiger partial charge in [-0.15, -0.1) is 0 Å². The number of sulfonamides is 1. The Labute approximate surface area is 178 Å². The smallest absolute Gasteiger partial charge is 0.237 e. The number of nitrogens with zero attached hydrogens (tertiary/aromatic N) is 2. The Hall–Kier alpha value is -1.73. The number of rotatable bonds is 3. The molecule has 30 heavy (non-hydrogen) atoms. The number of Topliss-reactive ketones (excluding diaryl/α,β-unsaturated/α-hetero) is 1. The molecule has 2 aliphatic heterocycles. The number of piperidine rings is 1. The van der Waals surface area contributed by atoms with Crippen LogP contribution < -0.4 is 4.90 Å². The molecule has 3 fully saturated rings. The molecule has 1 spiro atoms. The molecule has 2 saturated carbocycles. The zero-order valence-corrected chi connectivity index (χ0v) is 18.8. The summed E-state index contributed by atoms with van der Waals surface area (Å²) in [6.45, 7) is 4.79. The number of para-hydroxylation sites is 1. The maximum atomic E-state index is 13.4. The molecule has 5 rings (SSSR count). The van der Waals surface area contributed by atoms with E-state index in [2.05, 4.69) is 13.8 Å². The van der Waals surface area contributed by atoms with Crippen LogP contribution in [0.15, 0.2) is 24.3 Å². The van der Waals surface area contributed by atoms with Crippen LogP contribution in [0, 0.1) is 16.7 Å². The van der Waals surface area contributed by atoms with E-state index >= 15 is 0 Å². The number of likely N-dealkylation sites (N-methyl/N-ethyl adjacent to an activating group) is 1. The van der Waals surface area contributed by atoms with Gasteiger partial charge in [-0.1, -0.05) is 32.0 Å². The van der Waals surface area contributed by atoms with Gasteiger partial charge in [0.2, 0.25) is 15.9 Å². The predicted molar refractivity (Wildman–Crippen MR) is 115 cm³/mol. The molecule has 1 aromatic rings. The number of anilines is 1. The van der Waals surface area contributed by atoms with E-state index in [0.717, 1.165) is 17.7 Å². The topological polar surface area (TPSA) is 74.8 Å². The molecule has 6 nitrogen and oxygen atoms in total. The summed E-state index contributed by atoms with van der Waals surface area (Å²) in [7, 11) is -1.79. The van der Waals surface area contributed by atoms with Crippen molar-refractivity contribution in [2.75, 3.05) is 30.8 Å². The molecule has 2 bridgehead atoms. The third-order valence-corrected chi connectivity index (χ3v) is 11.0. The molecule has 0 N–H and O–H groups in total. The van der Waals surface area contributed by atoms with Gasteiger partial charge in [0.05, 0.1) is 11.2 Å². The number of ketones is 1. The number of hydrogen-bond acceptors (Lipinski definition) is 4. The summed E-state index contributed by atoms with van der Waals surface area (Å²) in [5.41, 5.74) is 0.293. The predicted octanol–water partition coefficient (Wildman–Crippen LogP) is 2.72. The minimum atomic E-state index is -3.58. The van der Waals surface area contributed by atoms with Crippen LogP contribution >= 0.6 is 0 Å². The van der Waals surface area contributed by atoms with E-state index in [1.807, 2.05) is 24.3 Å². The zero-order valence-electron chi connectivity index (χ0n) is 18.0. The van der Waals surface area contributed by atoms with E-state index in [9.17, 15) is 18.0 Å². The number of hydrogen-bond donors (Lipinski definition) is 0. The SMILES string of the molecule is CN1C(=O)C2(CCN(S(=O)(=O)C[C@]34CC[C@H](CC3=O)C4(C)C)CC2)c2ccccc21. The van der Waals surface area contributed by atoms with Crippen molar-refractivity contribution in [2.24, 2.45) is 16.7 Å². The lowest BCUT2D eigenvalue weighted by molar-refractivity contribution is -0.128. The lowest BCUT2D eigenvalue weighted by Crippen LogP contribution is -2.52. The van der Waals surface area contributed by atoms with Crippen molar-refractivity contribution in [3.8, 4) is 0 Å². The fraction of sp³-hybridized carbons (Fsp3) is 0.652. The normalized spacial score (nSPS) is 32.2. The van der Waals surface area contributed by atoms with Crippen LogP contribution in [0.2, 0.25) is 0 Å². The standard InChI is InChI=1S/C23H30N2O4S/c1-21(2)16-8-9-23(21,19(26)14-16)15-30(28,29)25-12-10-22(11-13-25)17-6-4-5-7-18(17)24(3)20(22)27/h4-7,16H,8-15H2,1-3H3/t16-,23-/m1/s1. The molecular formula is C23H30N2O4S. The Bertz CT molecular complexity index is 1040. The Morgan fingerprint density at radius 3 is 2.33 bits per heavy atom. The molecule has 1 saturated heterocycles. The van der Waals surface area contributed by atoms with Crippen LogP contribution in [-0.4, -0.2) is 50.3 Å². The second kappa shape index (κ2) is 6.16. The van der Waals surface area contributed by atoms with Crippen molar-refractivity contribution in [3.05, 3.63) is 29.8 Å². The summed E-state index contributed by atoms with van der Waals surface area (Å²) in [4.78, 5) is 27.6. The van der Waals surface area contributed by atoms with Gasteiger partial charge in [0.1, 0.15) is 5.78 Å². The zero-order chi connectivity index (χ0) is 21.5. The first-order valence-electron chi connectivity index (χ1n) is 10.9. The molecule has 2 atom stereocenters. The average Bonchev–Trinajstić information content (AvgIpc) is 3.15. The quantitative estimate of drug-likeness (QED) is 0.739. The molecule has 0 unspecified atom stereocenters. The van der Waals surface area contributed by atoms with Crippen molar-refractivity contribution in [3.63, 3.8) is 0 Å². The summed E-state index contributed by atoms with van der Waals surface area (Å²) in [6.07, 6.45) is 3.11. The van der Waals surface area contributed by atoms with E-state index in [0.29, 0.717) is 44.7 Å². The molecule has 4 aliphatic rings. The fourth-order valence-electron chi connectivity index (χ4n) is 6.86. The minimum absolute atomic E-state index is 0.0603. The summed E-state index contributed by atoms with van der Waals surface area (Å²) in [5, 5.41) is 0. The molecule has 1 aromatic carbocycles. The van der Waals surface area contributed by atoms with E-state index in [1.165, 1.54) is 4.31 Å². The summed E-state index contributed by atoms with van der Waals surface area (Å²) in [5.74, 6) is 0.403. The van der Waals surface area contributed by atoms with Gasteiger partial charge >= 0.3 is 0 Å². The van der Waals surface area contributed by atoms with Crippen molar-refractivity contribution >= 4 is 27.4 Å². The van der Waals surface area contributed by atoms with Crippen LogP contribution in [0.1, 0.15) is 51.5 Å². The van der Waals surface area contributed by atoms with Crippen molar-refractivity contribution in [2.45, 2.75) is 51.4 Å². The van der Waals surface area contributed by atoms with Gasteiger partial charge in [0, 0.05) is 37.7 Å². The number of fused-ring (bicyclic) bond motifs is 4. The highest BCUT2D eigenvalue weighted by atomic mass is 32.2. The molecule has 2 aliphatic carbocycles. The van der Waals surface area contributed by atoms with E-state index in [1.54, 1.807) is 11.9 Å². The van der Waals surface area contributed by atoms with Crippen LogP contribution in [0.25, 0.3) is 0 Å². The highest BCUT2D eigenvalue weighted by Gasteiger charge is 2.66. The van der Waals surface area contributed by atoms with Crippen LogP contribution in [0.3, 0.4) is 0 Å². The van der Waals surface area contributed by atoms with Crippen molar-refractivity contribution < 1.29 is 18.0 Å². The second-order valence-electron chi connectivity index (χ2n) is 10.3. The third-order valence-electron chi connectivity index (χ3n) is 9.03. The Morgan fingerprint density at radius 2 is 1.73 bits per heavy atom. The molecule has 0 aromatic heterocycles. The third kappa shape index (κ3) is 2.36. The number of carbonyl (C=O) groups excluding carboxylic acids is 2. The lowest BCUT2D eigenvalue weighted by Gasteiger charge is -2.41. The number of benzene rings is 1. The lowest BCUT2D eigenvalue weighted by atomic mass is 9.70. The van der Waals surface area contributed by atoms with E-state index in [4.69, 9.17) is 0 Å². The molecule has 2 heterocycles. The summed E-state index contributed by atoms with van der Waals surface area (Å²) < 4.78 is 28.4. The van der Waals surface area contributed by atoms with Crippen LogP contribution in [0.4, 0.5) is 5.69 Å². The van der Waals surface area contributed by atoms with Crippen molar-refractivity contribution in [1.82, 2.24) is 4.31 Å². The first-order chi connectivity index (χ1) is 14.1. The monoisotopic (exact) mass is 430 g/mol. The van der Waals surface area contributed by atoms with Gasteiger partial charge in [0.15, 0.2) is 0 Å². The van der Waals surface area contributed by atoms with Gasteiger partial charge in [-0.25, -0.2) is 12.7 Å². The highest BCUT2D eigenvalue weighted by Crippen LogP contribution is 2.64. The Morgan fingerprint density at radius 1 is 1.07 bits per heavy atom. The summed E-state index contributed by atoms with van der Waals surface area (Å²) >= 11 is 0. The fourth-order valence-corrected chi connectivity index (χ4v) is 9.08. The van der Waals surface area contributed by atoms with Gasteiger partial charge in [0.25, 0.3) is 0 Å². The van der Waals surface area contributed by atoms with Crippen LogP contribution in [-0.2, 0) is 25.0 Å². The summed E-state index contributed by atoms with van der Waals surface area (Å²) in [6, 6.07) is 7.82. The Balaban J connectivity index is 1.39. The molecular weight excluding hydrogens is 400 g/mol.